The van der Waals surface area contributed by atoms with Crippen molar-refractivity contribution in [2.45, 2.75) is 51.4 Å². The summed E-state index contributed by atoms with van der Waals surface area (Å²) in [5.41, 5.74) is 1.46. The van der Waals surface area contributed by atoms with E-state index in [4.69, 9.17) is 0 Å². The highest BCUT2D eigenvalue weighted by Gasteiger charge is 2.25. The van der Waals surface area contributed by atoms with Crippen LogP contribution in [-0.4, -0.2) is 5.78 Å². The monoisotopic (exact) mass is 234 g/mol. The van der Waals surface area contributed by atoms with E-state index in [1.54, 1.807) is 11.3 Å². The number of fused-ring (bicyclic) bond motifs is 1. The molecule has 2 heteroatoms. The van der Waals surface area contributed by atoms with Crippen molar-refractivity contribution in [2.75, 3.05) is 0 Å². The lowest BCUT2D eigenvalue weighted by Gasteiger charge is -2.19. The van der Waals surface area contributed by atoms with Crippen LogP contribution in [0.2, 0.25) is 0 Å². The van der Waals surface area contributed by atoms with Crippen LogP contribution in [-0.2, 0) is 12.8 Å². The first-order valence-corrected chi connectivity index (χ1v) is 7.32. The summed E-state index contributed by atoms with van der Waals surface area (Å²) >= 11 is 1.77. The van der Waals surface area contributed by atoms with Crippen molar-refractivity contribution in [3.63, 3.8) is 0 Å². The van der Waals surface area contributed by atoms with Gasteiger partial charge in [0.25, 0.3) is 0 Å². The predicted octanol–water partition coefficient (Wildman–Crippen LogP) is 4.00. The Kier molecular flexibility index (Phi) is 2.84. The highest BCUT2D eigenvalue weighted by Crippen LogP contribution is 2.34. The van der Waals surface area contributed by atoms with Gasteiger partial charge in [-0.05, 0) is 43.7 Å². The molecule has 3 rings (SSSR count). The van der Waals surface area contributed by atoms with E-state index < -0.39 is 0 Å². The van der Waals surface area contributed by atoms with Gasteiger partial charge in [-0.1, -0.05) is 19.3 Å². The molecule has 0 radical (unpaired) electrons. The van der Waals surface area contributed by atoms with Crippen molar-refractivity contribution in [3.8, 4) is 0 Å². The lowest BCUT2D eigenvalue weighted by molar-refractivity contribution is 0.0894. The van der Waals surface area contributed by atoms with Crippen molar-refractivity contribution in [1.29, 1.82) is 0 Å². The van der Waals surface area contributed by atoms with Crippen molar-refractivity contribution >= 4 is 17.1 Å². The number of hydrogen-bond acceptors (Lipinski definition) is 2. The quantitative estimate of drug-likeness (QED) is 0.707. The van der Waals surface area contributed by atoms with Gasteiger partial charge in [0.05, 0.1) is 4.88 Å². The van der Waals surface area contributed by atoms with Gasteiger partial charge in [-0.15, -0.1) is 11.3 Å². The molecule has 0 amide bonds. The Morgan fingerprint density at radius 3 is 2.69 bits per heavy atom. The molecule has 1 nitrogen and oxygen atoms in total. The summed E-state index contributed by atoms with van der Waals surface area (Å²) in [6.07, 6.45) is 9.78. The fraction of sp³-hybridized carbons (Fsp3) is 0.643. The van der Waals surface area contributed by atoms with E-state index >= 15 is 0 Å². The standard InChI is InChI=1S/C14H18OS/c15-14(10-5-2-1-3-6-10)13-9-11-7-4-8-12(11)16-13/h9-10H,1-8H2. The number of carbonyl (C=O) groups is 1. The first-order chi connectivity index (χ1) is 7.84. The molecule has 1 fully saturated rings. The average Bonchev–Trinajstić information content (AvgIpc) is 2.89. The van der Waals surface area contributed by atoms with Gasteiger partial charge < -0.3 is 0 Å². The molecule has 86 valence electrons. The fourth-order valence-corrected chi connectivity index (χ4v) is 4.29. The summed E-state index contributed by atoms with van der Waals surface area (Å²) in [7, 11) is 0. The molecule has 0 unspecified atom stereocenters. The van der Waals surface area contributed by atoms with Gasteiger partial charge >= 0.3 is 0 Å². The minimum Gasteiger partial charge on any atom is -0.293 e. The number of aryl methyl sites for hydroxylation is 2. The number of carbonyl (C=O) groups excluding carboxylic acids is 1. The molecule has 1 saturated carbocycles. The second-order valence-corrected chi connectivity index (χ2v) is 6.25. The van der Waals surface area contributed by atoms with Crippen LogP contribution in [0.15, 0.2) is 6.07 Å². The molecule has 0 aliphatic heterocycles. The maximum atomic E-state index is 12.3. The third kappa shape index (κ3) is 1.84. The molecule has 1 heterocycles. The number of ketones is 1. The second-order valence-electron chi connectivity index (χ2n) is 5.11. The van der Waals surface area contributed by atoms with Crippen molar-refractivity contribution in [3.05, 3.63) is 21.4 Å². The van der Waals surface area contributed by atoms with Gasteiger partial charge in [0, 0.05) is 10.8 Å². The minimum atomic E-state index is 0.340. The molecule has 2 aliphatic carbocycles. The molecule has 0 spiro atoms. The Labute approximate surface area is 101 Å². The molecule has 0 bridgehead atoms. The largest absolute Gasteiger partial charge is 0.293 e. The van der Waals surface area contributed by atoms with E-state index in [2.05, 4.69) is 6.07 Å². The molecule has 1 aromatic rings. The molecule has 1 aromatic heterocycles. The highest BCUT2D eigenvalue weighted by atomic mass is 32.1. The Morgan fingerprint density at radius 1 is 1.12 bits per heavy atom. The molecule has 16 heavy (non-hydrogen) atoms. The zero-order chi connectivity index (χ0) is 11.0. The third-order valence-corrected chi connectivity index (χ3v) is 5.22. The first-order valence-electron chi connectivity index (χ1n) is 6.50. The van der Waals surface area contributed by atoms with Gasteiger partial charge in [-0.25, -0.2) is 0 Å². The molecular formula is C14H18OS. The van der Waals surface area contributed by atoms with Crippen LogP contribution in [0.5, 0.6) is 0 Å². The van der Waals surface area contributed by atoms with Crippen LogP contribution in [0.25, 0.3) is 0 Å². The molecule has 0 saturated heterocycles. The second kappa shape index (κ2) is 4.33. The van der Waals surface area contributed by atoms with Gasteiger partial charge in [-0.3, -0.25) is 4.79 Å². The smallest absolute Gasteiger partial charge is 0.175 e. The lowest BCUT2D eigenvalue weighted by atomic mass is 9.86. The molecular weight excluding hydrogens is 216 g/mol. The van der Waals surface area contributed by atoms with Crippen LogP contribution in [0, 0.1) is 5.92 Å². The Balaban J connectivity index is 1.78. The maximum Gasteiger partial charge on any atom is 0.175 e. The van der Waals surface area contributed by atoms with Gasteiger partial charge in [-0.2, -0.15) is 0 Å². The number of Topliss-reactive ketones (excluding diaryl/α,β-unsaturated/α-hetero) is 1. The van der Waals surface area contributed by atoms with Crippen LogP contribution in [0.3, 0.4) is 0 Å². The van der Waals surface area contributed by atoms with Crippen LogP contribution in [0.4, 0.5) is 0 Å². The summed E-state index contributed by atoms with van der Waals surface area (Å²) in [6.45, 7) is 0. The molecule has 0 atom stereocenters. The van der Waals surface area contributed by atoms with E-state index in [9.17, 15) is 4.79 Å². The minimum absolute atomic E-state index is 0.340. The summed E-state index contributed by atoms with van der Waals surface area (Å²) in [5.74, 6) is 0.784. The predicted molar refractivity (Wildman–Crippen MR) is 67.2 cm³/mol. The SMILES string of the molecule is O=C(c1cc2c(s1)CCC2)C1CCCCC1. The van der Waals surface area contributed by atoms with E-state index in [1.165, 1.54) is 49.0 Å². The van der Waals surface area contributed by atoms with Crippen molar-refractivity contribution in [1.82, 2.24) is 0 Å². The van der Waals surface area contributed by atoms with Gasteiger partial charge in [0.15, 0.2) is 5.78 Å². The van der Waals surface area contributed by atoms with Crippen molar-refractivity contribution in [2.24, 2.45) is 5.92 Å². The number of hydrogen-bond donors (Lipinski definition) is 0. The topological polar surface area (TPSA) is 17.1 Å². The van der Waals surface area contributed by atoms with E-state index in [0.29, 0.717) is 11.7 Å². The summed E-state index contributed by atoms with van der Waals surface area (Å²) in [5, 5.41) is 0. The average molecular weight is 234 g/mol. The number of rotatable bonds is 2. The van der Waals surface area contributed by atoms with Crippen molar-refractivity contribution < 1.29 is 4.79 Å². The molecule has 0 N–H and O–H groups in total. The molecule has 0 aromatic carbocycles. The van der Waals surface area contributed by atoms with Gasteiger partial charge in [0.1, 0.15) is 0 Å². The molecule has 2 aliphatic rings. The summed E-state index contributed by atoms with van der Waals surface area (Å²) < 4.78 is 0. The zero-order valence-corrected chi connectivity index (χ0v) is 10.4. The lowest BCUT2D eigenvalue weighted by Crippen LogP contribution is -2.16. The first kappa shape index (κ1) is 10.5. The van der Waals surface area contributed by atoms with Crippen LogP contribution >= 0.6 is 11.3 Å². The zero-order valence-electron chi connectivity index (χ0n) is 9.63. The highest BCUT2D eigenvalue weighted by molar-refractivity contribution is 7.14. The van der Waals surface area contributed by atoms with Crippen LogP contribution < -0.4 is 0 Å². The Morgan fingerprint density at radius 2 is 1.94 bits per heavy atom. The third-order valence-electron chi connectivity index (χ3n) is 3.97. The van der Waals surface area contributed by atoms with Gasteiger partial charge in [0.2, 0.25) is 0 Å². The normalized spacial score (nSPS) is 21.0. The Hall–Kier alpha value is -0.630. The summed E-state index contributed by atoms with van der Waals surface area (Å²) in [4.78, 5) is 14.9. The fourth-order valence-electron chi connectivity index (χ4n) is 3.02. The van der Waals surface area contributed by atoms with Crippen LogP contribution in [0.1, 0.15) is 58.6 Å². The van der Waals surface area contributed by atoms with E-state index in [1.807, 2.05) is 0 Å². The van der Waals surface area contributed by atoms with E-state index in [0.717, 1.165) is 17.7 Å². The van der Waals surface area contributed by atoms with E-state index in [-0.39, 0.29) is 0 Å². The summed E-state index contributed by atoms with van der Waals surface area (Å²) in [6, 6.07) is 2.18. The Bertz CT molecular complexity index is 377. The number of thiophene rings is 1. The maximum absolute atomic E-state index is 12.3.